The Morgan fingerprint density at radius 3 is 2.47 bits per heavy atom. The molecule has 0 aliphatic carbocycles. The molecule has 0 radical (unpaired) electrons. The van der Waals surface area contributed by atoms with E-state index in [0.29, 0.717) is 16.7 Å². The number of anilines is 1. The molecule has 4 aromatic rings. The third-order valence-electron chi connectivity index (χ3n) is 6.32. The number of quaternary nitrogens is 1. The van der Waals surface area contributed by atoms with Crippen LogP contribution >= 0.6 is 0 Å². The van der Waals surface area contributed by atoms with E-state index in [2.05, 4.69) is 58.4 Å². The lowest BCUT2D eigenvalue weighted by Gasteiger charge is -2.47. The Morgan fingerprint density at radius 1 is 1.00 bits per heavy atom. The van der Waals surface area contributed by atoms with Crippen LogP contribution in [0.2, 0.25) is 0 Å². The molecule has 0 bridgehead atoms. The second-order valence-electron chi connectivity index (χ2n) is 7.96. The topological polar surface area (TPSA) is 62.0 Å². The smallest absolute Gasteiger partial charge is 0.181 e. The Kier molecular flexibility index (Phi) is 5.28. The number of methoxy groups -OCH3 is 1. The van der Waals surface area contributed by atoms with Crippen LogP contribution in [0.15, 0.2) is 85.2 Å². The van der Waals surface area contributed by atoms with Gasteiger partial charge >= 0.3 is 0 Å². The highest BCUT2D eigenvalue weighted by Crippen LogP contribution is 2.39. The van der Waals surface area contributed by atoms with Gasteiger partial charge in [0.15, 0.2) is 6.23 Å². The van der Waals surface area contributed by atoms with Gasteiger partial charge < -0.3 is 9.64 Å². The lowest BCUT2D eigenvalue weighted by Crippen LogP contribution is -2.63. The fraction of sp³-hybridized carbons (Fsp3) is 0.192. The normalized spacial score (nSPS) is 20.8. The molecule has 2 unspecified atom stereocenters. The molecule has 6 heteroatoms. The van der Waals surface area contributed by atoms with Crippen molar-refractivity contribution in [2.24, 2.45) is 0 Å². The summed E-state index contributed by atoms with van der Waals surface area (Å²) in [6.07, 6.45) is 3.47. The van der Waals surface area contributed by atoms with E-state index in [0.717, 1.165) is 29.7 Å². The third-order valence-corrected chi connectivity index (χ3v) is 6.32. The molecule has 2 aromatic heterocycles. The largest absolute Gasteiger partial charge is 0.356 e. The Bertz CT molecular complexity index is 1230. The molecular weight excluding hydrogens is 398 g/mol. The molecule has 32 heavy (non-hydrogen) atoms. The Labute approximate surface area is 187 Å². The van der Waals surface area contributed by atoms with Crippen LogP contribution in [0.1, 0.15) is 5.69 Å². The van der Waals surface area contributed by atoms with Crippen LogP contribution in [0.4, 0.5) is 17.2 Å². The number of hydrogen-bond acceptors (Lipinski definition) is 5. The molecule has 0 spiro atoms. The molecule has 2 aromatic carbocycles. The highest BCUT2D eigenvalue weighted by atomic mass is 16.5. The Hall–Kier alpha value is -3.79. The quantitative estimate of drug-likeness (QED) is 0.449. The predicted molar refractivity (Wildman–Crippen MR) is 126 cm³/mol. The van der Waals surface area contributed by atoms with E-state index in [4.69, 9.17) is 9.72 Å². The monoisotopic (exact) mass is 422 g/mol. The summed E-state index contributed by atoms with van der Waals surface area (Å²) in [7, 11) is 1.74. The molecule has 1 aliphatic heterocycles. The number of benzene rings is 2. The van der Waals surface area contributed by atoms with Crippen molar-refractivity contribution in [1.29, 1.82) is 5.26 Å². The van der Waals surface area contributed by atoms with Crippen molar-refractivity contribution in [3.63, 3.8) is 0 Å². The molecule has 2 atom stereocenters. The summed E-state index contributed by atoms with van der Waals surface area (Å²) in [6, 6.07) is 26.8. The van der Waals surface area contributed by atoms with Gasteiger partial charge in [-0.3, -0.25) is 9.47 Å². The molecule has 1 fully saturated rings. The number of nitriles is 1. The molecular formula is C26H24N5O+. The zero-order valence-electron chi connectivity index (χ0n) is 17.9. The van der Waals surface area contributed by atoms with Crippen molar-refractivity contribution in [2.45, 2.75) is 6.23 Å². The summed E-state index contributed by atoms with van der Waals surface area (Å²) in [5.74, 6) is 0.798. The van der Waals surface area contributed by atoms with Crippen molar-refractivity contribution in [3.05, 3.63) is 90.9 Å². The SMILES string of the molecule is COC1C[N+](c2ccccc2)(c2ccncc2)CCN1c1nc(C#N)cc2ccccc12. The van der Waals surface area contributed by atoms with Gasteiger partial charge in [-0.05, 0) is 23.6 Å². The van der Waals surface area contributed by atoms with Crippen LogP contribution in [0.5, 0.6) is 0 Å². The van der Waals surface area contributed by atoms with Gasteiger partial charge in [-0.2, -0.15) is 5.26 Å². The minimum Gasteiger partial charge on any atom is -0.356 e. The zero-order chi connectivity index (χ0) is 22.0. The summed E-state index contributed by atoms with van der Waals surface area (Å²) in [5, 5.41) is 11.6. The first kappa shape index (κ1) is 20.1. The first-order chi connectivity index (χ1) is 15.7. The second kappa shape index (κ2) is 8.39. The first-order valence-corrected chi connectivity index (χ1v) is 10.7. The fourth-order valence-corrected chi connectivity index (χ4v) is 4.74. The summed E-state index contributed by atoms with van der Waals surface area (Å²) in [4.78, 5) is 11.1. The van der Waals surface area contributed by atoms with E-state index in [1.165, 1.54) is 11.4 Å². The fourth-order valence-electron chi connectivity index (χ4n) is 4.74. The van der Waals surface area contributed by atoms with Gasteiger partial charge in [0, 0.05) is 37.0 Å². The van der Waals surface area contributed by atoms with E-state index in [1.54, 1.807) is 7.11 Å². The number of rotatable bonds is 4. The molecule has 6 nitrogen and oxygen atoms in total. The number of para-hydroxylation sites is 1. The molecule has 5 rings (SSSR count). The van der Waals surface area contributed by atoms with Crippen molar-refractivity contribution in [3.8, 4) is 6.07 Å². The maximum atomic E-state index is 9.55. The van der Waals surface area contributed by atoms with Gasteiger partial charge in [0.1, 0.15) is 42.0 Å². The number of aromatic nitrogens is 2. The van der Waals surface area contributed by atoms with Crippen molar-refractivity contribution in [2.75, 3.05) is 31.6 Å². The van der Waals surface area contributed by atoms with E-state index in [1.807, 2.05) is 42.7 Å². The summed E-state index contributed by atoms with van der Waals surface area (Å²) >= 11 is 0. The van der Waals surface area contributed by atoms with Crippen molar-refractivity contribution >= 4 is 28.0 Å². The van der Waals surface area contributed by atoms with E-state index >= 15 is 0 Å². The van der Waals surface area contributed by atoms with Crippen LogP contribution in [0, 0.1) is 11.3 Å². The van der Waals surface area contributed by atoms with Gasteiger partial charge in [-0.15, -0.1) is 0 Å². The Morgan fingerprint density at radius 2 is 1.72 bits per heavy atom. The van der Waals surface area contributed by atoms with Crippen LogP contribution in [0.3, 0.4) is 0 Å². The van der Waals surface area contributed by atoms with Crippen molar-refractivity contribution in [1.82, 2.24) is 14.5 Å². The van der Waals surface area contributed by atoms with E-state index in [-0.39, 0.29) is 6.23 Å². The number of nitrogens with zero attached hydrogens (tertiary/aromatic N) is 5. The molecule has 3 heterocycles. The van der Waals surface area contributed by atoms with E-state index in [9.17, 15) is 5.26 Å². The van der Waals surface area contributed by atoms with Gasteiger partial charge in [-0.25, -0.2) is 4.98 Å². The molecule has 0 N–H and O–H groups in total. The average molecular weight is 423 g/mol. The zero-order valence-corrected chi connectivity index (χ0v) is 17.9. The summed E-state index contributed by atoms with van der Waals surface area (Å²) in [5.41, 5.74) is 2.80. The number of fused-ring (bicyclic) bond motifs is 1. The van der Waals surface area contributed by atoms with Crippen LogP contribution in [-0.2, 0) is 4.74 Å². The molecule has 0 saturated carbocycles. The predicted octanol–water partition coefficient (Wildman–Crippen LogP) is 4.63. The lowest BCUT2D eigenvalue weighted by atomic mass is 10.1. The number of hydrogen-bond donors (Lipinski definition) is 0. The van der Waals surface area contributed by atoms with Gasteiger partial charge in [-0.1, -0.05) is 42.5 Å². The van der Waals surface area contributed by atoms with Crippen LogP contribution in [-0.4, -0.2) is 42.9 Å². The Balaban J connectivity index is 1.61. The highest BCUT2D eigenvalue weighted by Gasteiger charge is 2.43. The van der Waals surface area contributed by atoms with Crippen LogP contribution in [0.25, 0.3) is 10.8 Å². The van der Waals surface area contributed by atoms with Crippen LogP contribution < -0.4 is 9.38 Å². The van der Waals surface area contributed by atoms with E-state index < -0.39 is 0 Å². The third kappa shape index (κ3) is 3.38. The molecule has 1 saturated heterocycles. The minimum absolute atomic E-state index is 0.220. The lowest BCUT2D eigenvalue weighted by molar-refractivity contribution is 0.0592. The molecule has 0 amide bonds. The number of pyridine rings is 2. The average Bonchev–Trinajstić information content (AvgIpc) is 2.88. The number of ether oxygens (including phenoxy) is 1. The first-order valence-electron chi connectivity index (χ1n) is 10.7. The maximum absolute atomic E-state index is 9.55. The minimum atomic E-state index is -0.220. The summed E-state index contributed by atoms with van der Waals surface area (Å²) in [6.45, 7) is 2.26. The van der Waals surface area contributed by atoms with Gasteiger partial charge in [0.2, 0.25) is 0 Å². The highest BCUT2D eigenvalue weighted by molar-refractivity contribution is 5.93. The van der Waals surface area contributed by atoms with Gasteiger partial charge in [0.25, 0.3) is 0 Å². The second-order valence-corrected chi connectivity index (χ2v) is 7.96. The molecule has 158 valence electrons. The maximum Gasteiger partial charge on any atom is 0.181 e. The van der Waals surface area contributed by atoms with Gasteiger partial charge in [0.05, 0.1) is 6.54 Å². The standard InChI is InChI=1S/C26H24N5O/c1-32-25-19-31(22-8-3-2-4-9-22,23-11-13-28-14-12-23)16-15-30(25)26-24-10-6-5-7-20(24)17-21(18-27)29-26/h2-14,17,25H,15-16,19H2,1H3/q+1. The number of piperazine rings is 1. The van der Waals surface area contributed by atoms with Crippen molar-refractivity contribution < 1.29 is 4.74 Å². The summed E-state index contributed by atoms with van der Waals surface area (Å²) < 4.78 is 6.71. The molecule has 1 aliphatic rings.